The zero-order valence-electron chi connectivity index (χ0n) is 14.4. The van der Waals surface area contributed by atoms with E-state index in [0.29, 0.717) is 22.5 Å². The summed E-state index contributed by atoms with van der Waals surface area (Å²) >= 11 is 12.0. The van der Waals surface area contributed by atoms with E-state index in [2.05, 4.69) is 25.7 Å². The zero-order valence-corrected chi connectivity index (χ0v) is 15.9. The summed E-state index contributed by atoms with van der Waals surface area (Å²) < 4.78 is 1.58. The molecule has 2 amide bonds. The summed E-state index contributed by atoms with van der Waals surface area (Å²) in [6.07, 6.45) is 3.25. The van der Waals surface area contributed by atoms with E-state index >= 15 is 0 Å². The van der Waals surface area contributed by atoms with E-state index in [-0.39, 0.29) is 29.8 Å². The Kier molecular flexibility index (Phi) is 4.97. The lowest BCUT2D eigenvalue weighted by Gasteiger charge is -2.21. The molecular formula is C18H14Cl2N6O2. The summed E-state index contributed by atoms with van der Waals surface area (Å²) in [7, 11) is 0. The molecule has 0 saturated carbocycles. The second kappa shape index (κ2) is 7.57. The number of carbonyl (C=O) groups excluding carboxylic acids is 2. The quantitative estimate of drug-likeness (QED) is 0.679. The van der Waals surface area contributed by atoms with Gasteiger partial charge < -0.3 is 5.32 Å². The second-order valence-corrected chi connectivity index (χ2v) is 7.00. The fraction of sp³-hybridized carbons (Fsp3) is 0.167. The third-order valence-corrected chi connectivity index (χ3v) is 5.09. The van der Waals surface area contributed by atoms with Gasteiger partial charge >= 0.3 is 0 Å². The van der Waals surface area contributed by atoms with Gasteiger partial charge in [-0.2, -0.15) is 4.98 Å². The Morgan fingerprint density at radius 1 is 1.25 bits per heavy atom. The van der Waals surface area contributed by atoms with Crippen LogP contribution in [0, 0.1) is 5.92 Å². The second-order valence-electron chi connectivity index (χ2n) is 6.22. The first kappa shape index (κ1) is 18.4. The third kappa shape index (κ3) is 3.69. The Hall–Kier alpha value is -2.97. The average molecular weight is 417 g/mol. The Balaban J connectivity index is 1.47. The van der Waals surface area contributed by atoms with Crippen molar-refractivity contribution in [2.75, 3.05) is 10.6 Å². The highest BCUT2D eigenvalue weighted by molar-refractivity contribution is 6.44. The lowest BCUT2D eigenvalue weighted by Crippen LogP contribution is -2.36. The normalized spacial score (nSPS) is 15.6. The Bertz CT molecular complexity index is 1050. The van der Waals surface area contributed by atoms with E-state index in [1.54, 1.807) is 47.4 Å². The highest BCUT2D eigenvalue weighted by atomic mass is 35.5. The fourth-order valence-electron chi connectivity index (χ4n) is 2.87. The van der Waals surface area contributed by atoms with E-state index in [9.17, 15) is 9.59 Å². The van der Waals surface area contributed by atoms with Gasteiger partial charge in [0.2, 0.25) is 17.8 Å². The molecule has 0 spiro atoms. The number of amides is 2. The number of nitrogens with one attached hydrogen (secondary N) is 2. The van der Waals surface area contributed by atoms with E-state index in [1.165, 1.54) is 0 Å². The molecule has 1 aromatic carbocycles. The van der Waals surface area contributed by atoms with Crippen molar-refractivity contribution in [2.45, 2.75) is 13.0 Å². The number of fused-ring (bicyclic) bond motifs is 1. The van der Waals surface area contributed by atoms with Crippen LogP contribution in [-0.2, 0) is 16.1 Å². The highest BCUT2D eigenvalue weighted by Crippen LogP contribution is 2.30. The SMILES string of the molecule is O=C(CC1Cn2nc(-c3ccncc3)nc2NC1=O)Nc1cccc(Cl)c1Cl. The Labute approximate surface area is 169 Å². The van der Waals surface area contributed by atoms with Gasteiger partial charge in [0.25, 0.3) is 0 Å². The number of hydrogen-bond acceptors (Lipinski definition) is 5. The molecule has 2 N–H and O–H groups in total. The van der Waals surface area contributed by atoms with E-state index in [1.807, 2.05) is 0 Å². The molecule has 1 atom stereocenters. The predicted octanol–water partition coefficient (Wildman–Crippen LogP) is 3.24. The molecular weight excluding hydrogens is 403 g/mol. The lowest BCUT2D eigenvalue weighted by atomic mass is 10.0. The molecule has 1 unspecified atom stereocenters. The molecule has 0 radical (unpaired) electrons. The van der Waals surface area contributed by atoms with Gasteiger partial charge in [-0.15, -0.1) is 5.10 Å². The molecule has 2 aromatic heterocycles. The third-order valence-electron chi connectivity index (χ3n) is 4.27. The average Bonchev–Trinajstić information content (AvgIpc) is 3.09. The molecule has 8 nitrogen and oxygen atoms in total. The molecule has 0 saturated heterocycles. The smallest absolute Gasteiger partial charge is 0.232 e. The standard InChI is InChI=1S/C18H14Cl2N6O2/c19-12-2-1-3-13(15(12)20)22-14(27)8-11-9-26-18(24-17(11)28)23-16(25-26)10-4-6-21-7-5-10/h1-7,11H,8-9H2,(H,22,27)(H,23,24,25,28). The van der Waals surface area contributed by atoms with Gasteiger partial charge in [-0.25, -0.2) is 4.68 Å². The summed E-state index contributed by atoms with van der Waals surface area (Å²) in [6, 6.07) is 8.51. The predicted molar refractivity (Wildman–Crippen MR) is 105 cm³/mol. The molecule has 10 heteroatoms. The molecule has 1 aliphatic heterocycles. The Morgan fingerprint density at radius 2 is 2.04 bits per heavy atom. The van der Waals surface area contributed by atoms with Gasteiger partial charge in [0.1, 0.15) is 0 Å². The van der Waals surface area contributed by atoms with Crippen molar-refractivity contribution in [3.63, 3.8) is 0 Å². The molecule has 0 bridgehead atoms. The van der Waals surface area contributed by atoms with E-state index in [0.717, 1.165) is 5.56 Å². The summed E-state index contributed by atoms with van der Waals surface area (Å²) in [6.45, 7) is 0.246. The van der Waals surface area contributed by atoms with Crippen molar-refractivity contribution in [1.29, 1.82) is 0 Å². The van der Waals surface area contributed by atoms with Crippen LogP contribution in [0.5, 0.6) is 0 Å². The van der Waals surface area contributed by atoms with Crippen LogP contribution < -0.4 is 10.6 Å². The monoisotopic (exact) mass is 416 g/mol. The van der Waals surface area contributed by atoms with Crippen molar-refractivity contribution < 1.29 is 9.59 Å². The molecule has 1 aliphatic rings. The minimum atomic E-state index is -0.586. The summed E-state index contributed by atoms with van der Waals surface area (Å²) in [5.74, 6) is -0.381. The van der Waals surface area contributed by atoms with Crippen LogP contribution in [0.2, 0.25) is 10.0 Å². The summed E-state index contributed by atoms with van der Waals surface area (Å²) in [4.78, 5) is 33.1. The van der Waals surface area contributed by atoms with Gasteiger partial charge in [-0.1, -0.05) is 29.3 Å². The maximum Gasteiger partial charge on any atom is 0.232 e. The molecule has 142 valence electrons. The van der Waals surface area contributed by atoms with Crippen molar-refractivity contribution in [3.05, 3.63) is 52.8 Å². The first-order valence-corrected chi connectivity index (χ1v) is 9.17. The van der Waals surface area contributed by atoms with Gasteiger partial charge in [-0.3, -0.25) is 19.9 Å². The van der Waals surface area contributed by atoms with Crippen LogP contribution >= 0.6 is 23.2 Å². The minimum Gasteiger partial charge on any atom is -0.325 e. The van der Waals surface area contributed by atoms with E-state index < -0.39 is 5.92 Å². The molecule has 3 heterocycles. The highest BCUT2D eigenvalue weighted by Gasteiger charge is 2.30. The first-order valence-electron chi connectivity index (χ1n) is 8.41. The van der Waals surface area contributed by atoms with Gasteiger partial charge in [0, 0.05) is 24.4 Å². The molecule has 3 aromatic rings. The number of rotatable bonds is 4. The number of hydrogen-bond donors (Lipinski definition) is 2. The maximum absolute atomic E-state index is 12.4. The molecule has 4 rings (SSSR count). The largest absolute Gasteiger partial charge is 0.325 e. The number of pyridine rings is 1. The zero-order chi connectivity index (χ0) is 19.7. The first-order chi connectivity index (χ1) is 13.5. The van der Waals surface area contributed by atoms with Crippen molar-refractivity contribution in [1.82, 2.24) is 19.7 Å². The van der Waals surface area contributed by atoms with Crippen molar-refractivity contribution in [3.8, 4) is 11.4 Å². The van der Waals surface area contributed by atoms with Crippen LogP contribution in [0.1, 0.15) is 6.42 Å². The number of aromatic nitrogens is 4. The number of nitrogens with zero attached hydrogens (tertiary/aromatic N) is 4. The van der Waals surface area contributed by atoms with Crippen LogP contribution in [-0.4, -0.2) is 31.6 Å². The summed E-state index contributed by atoms with van der Waals surface area (Å²) in [5, 5.41) is 10.4. The van der Waals surface area contributed by atoms with Crippen molar-refractivity contribution in [2.24, 2.45) is 5.92 Å². The van der Waals surface area contributed by atoms with Crippen LogP contribution in [0.3, 0.4) is 0 Å². The van der Waals surface area contributed by atoms with Crippen LogP contribution in [0.4, 0.5) is 11.6 Å². The summed E-state index contributed by atoms with van der Waals surface area (Å²) in [5.41, 5.74) is 1.19. The van der Waals surface area contributed by atoms with Crippen molar-refractivity contribution >= 4 is 46.7 Å². The minimum absolute atomic E-state index is 0.0292. The number of anilines is 2. The Morgan fingerprint density at radius 3 is 2.82 bits per heavy atom. The van der Waals surface area contributed by atoms with Gasteiger partial charge in [-0.05, 0) is 24.3 Å². The van der Waals surface area contributed by atoms with Gasteiger partial charge in [0.05, 0.1) is 28.2 Å². The molecule has 0 fully saturated rings. The molecule has 28 heavy (non-hydrogen) atoms. The maximum atomic E-state index is 12.4. The molecule has 0 aliphatic carbocycles. The van der Waals surface area contributed by atoms with Gasteiger partial charge in [0.15, 0.2) is 5.82 Å². The van der Waals surface area contributed by atoms with Crippen LogP contribution in [0.15, 0.2) is 42.7 Å². The van der Waals surface area contributed by atoms with E-state index in [4.69, 9.17) is 23.2 Å². The fourth-order valence-corrected chi connectivity index (χ4v) is 3.22. The topological polar surface area (TPSA) is 102 Å². The number of benzene rings is 1. The lowest BCUT2D eigenvalue weighted by molar-refractivity contribution is -0.125. The van der Waals surface area contributed by atoms with Crippen LogP contribution in [0.25, 0.3) is 11.4 Å². The number of halogens is 2. The number of carbonyl (C=O) groups is 2.